The van der Waals surface area contributed by atoms with Gasteiger partial charge in [-0.1, -0.05) is 25.4 Å². The highest BCUT2D eigenvalue weighted by atomic mass is 35.5. The number of hydrogen-bond donors (Lipinski definition) is 2. The second-order valence-corrected chi connectivity index (χ2v) is 4.86. The Morgan fingerprint density at radius 3 is 2.76 bits per heavy atom. The van der Waals surface area contributed by atoms with Gasteiger partial charge in [-0.25, -0.2) is 4.98 Å². The molecule has 0 saturated heterocycles. The third-order valence-electron chi connectivity index (χ3n) is 2.20. The highest BCUT2D eigenvalue weighted by Crippen LogP contribution is 2.25. The molecule has 0 saturated carbocycles. The zero-order valence-electron chi connectivity index (χ0n) is 9.61. The fraction of sp³-hybridized carbons (Fsp3) is 0.500. The Hall–Kier alpha value is -1.40. The summed E-state index contributed by atoms with van der Waals surface area (Å²) in [5.74, 6) is 0.374. The lowest BCUT2D eigenvalue weighted by Crippen LogP contribution is -2.27. The number of nitrogens with one attached hydrogen (secondary N) is 1. The van der Waals surface area contributed by atoms with Crippen molar-refractivity contribution in [2.24, 2.45) is 5.41 Å². The third-order valence-corrected chi connectivity index (χ3v) is 2.49. The molecule has 7 heteroatoms. The molecule has 1 aromatic rings. The molecule has 6 nitrogen and oxygen atoms in total. The summed E-state index contributed by atoms with van der Waals surface area (Å²) >= 11 is 5.85. The number of aliphatic hydroxyl groups excluding tert-OH is 1. The largest absolute Gasteiger partial charge is 0.396 e. The first-order valence-corrected chi connectivity index (χ1v) is 5.38. The summed E-state index contributed by atoms with van der Waals surface area (Å²) in [6.07, 6.45) is 1.14. The first-order valence-electron chi connectivity index (χ1n) is 5.00. The first kappa shape index (κ1) is 13.7. The average molecular weight is 260 g/mol. The normalized spacial score (nSPS) is 11.3. The summed E-state index contributed by atoms with van der Waals surface area (Å²) in [5, 5.41) is 22.7. The van der Waals surface area contributed by atoms with Crippen LogP contribution in [-0.4, -0.2) is 28.2 Å². The van der Waals surface area contributed by atoms with Crippen LogP contribution in [0.4, 0.5) is 11.5 Å². The van der Waals surface area contributed by atoms with Crippen LogP contribution in [0.15, 0.2) is 12.3 Å². The van der Waals surface area contributed by atoms with Gasteiger partial charge in [0.05, 0.1) is 9.95 Å². The van der Waals surface area contributed by atoms with Crippen molar-refractivity contribution in [2.45, 2.75) is 13.8 Å². The van der Waals surface area contributed by atoms with Gasteiger partial charge in [0.1, 0.15) is 12.0 Å². The molecule has 0 aromatic carbocycles. The highest BCUT2D eigenvalue weighted by molar-refractivity contribution is 6.33. The predicted octanol–water partition coefficient (Wildman–Crippen LogP) is 2.07. The lowest BCUT2D eigenvalue weighted by Gasteiger charge is -2.22. The fourth-order valence-electron chi connectivity index (χ4n) is 1.04. The molecular weight excluding hydrogens is 246 g/mol. The summed E-state index contributed by atoms with van der Waals surface area (Å²) in [7, 11) is 0. The Kier molecular flexibility index (Phi) is 4.25. The van der Waals surface area contributed by atoms with Gasteiger partial charge in [0.15, 0.2) is 0 Å². The summed E-state index contributed by atoms with van der Waals surface area (Å²) in [4.78, 5) is 13.8. The van der Waals surface area contributed by atoms with Crippen LogP contribution in [-0.2, 0) is 0 Å². The SMILES string of the molecule is CC(C)(CO)CNc1ncc([N+](=O)[O-])cc1Cl. The Bertz CT molecular complexity index is 423. The van der Waals surface area contributed by atoms with Gasteiger partial charge < -0.3 is 10.4 Å². The molecule has 2 N–H and O–H groups in total. The van der Waals surface area contributed by atoms with Gasteiger partial charge >= 0.3 is 0 Å². The smallest absolute Gasteiger partial charge is 0.289 e. The van der Waals surface area contributed by atoms with Crippen LogP contribution >= 0.6 is 11.6 Å². The minimum Gasteiger partial charge on any atom is -0.396 e. The molecule has 17 heavy (non-hydrogen) atoms. The summed E-state index contributed by atoms with van der Waals surface area (Å²) in [6, 6.07) is 1.24. The van der Waals surface area contributed by atoms with E-state index in [-0.39, 0.29) is 22.7 Å². The first-order chi connectivity index (χ1) is 7.85. The molecule has 0 aliphatic rings. The molecule has 0 aliphatic heterocycles. The Balaban J connectivity index is 2.77. The number of hydrogen-bond acceptors (Lipinski definition) is 5. The van der Waals surface area contributed by atoms with Gasteiger partial charge in [0.25, 0.3) is 5.69 Å². The van der Waals surface area contributed by atoms with Crippen LogP contribution in [0.1, 0.15) is 13.8 Å². The van der Waals surface area contributed by atoms with Crippen LogP contribution in [0.3, 0.4) is 0 Å². The third kappa shape index (κ3) is 3.83. The Labute approximate surface area is 104 Å². The standard InChI is InChI=1S/C10H14ClN3O3/c1-10(2,6-15)5-13-9-8(11)3-7(4-12-9)14(16)17/h3-4,15H,5-6H2,1-2H3,(H,12,13). The number of pyridine rings is 1. The Morgan fingerprint density at radius 1 is 1.65 bits per heavy atom. The molecule has 0 spiro atoms. The summed E-state index contributed by atoms with van der Waals surface area (Å²) < 4.78 is 0. The molecule has 94 valence electrons. The maximum Gasteiger partial charge on any atom is 0.289 e. The van der Waals surface area contributed by atoms with Gasteiger partial charge in [0.2, 0.25) is 0 Å². The monoisotopic (exact) mass is 259 g/mol. The zero-order chi connectivity index (χ0) is 13.1. The molecule has 1 aromatic heterocycles. The van der Waals surface area contributed by atoms with Crippen molar-refractivity contribution in [3.05, 3.63) is 27.4 Å². The van der Waals surface area contributed by atoms with E-state index in [4.69, 9.17) is 16.7 Å². The maximum atomic E-state index is 10.5. The van der Waals surface area contributed by atoms with Crippen LogP contribution < -0.4 is 5.32 Å². The van der Waals surface area contributed by atoms with Gasteiger partial charge in [-0.2, -0.15) is 0 Å². The van der Waals surface area contributed by atoms with Crippen LogP contribution in [0.2, 0.25) is 5.02 Å². The minimum absolute atomic E-state index is 0.0185. The summed E-state index contributed by atoms with van der Waals surface area (Å²) in [6.45, 7) is 4.23. The average Bonchev–Trinajstić information content (AvgIpc) is 2.27. The van der Waals surface area contributed by atoms with Gasteiger partial charge in [-0.05, 0) is 0 Å². The number of aromatic nitrogens is 1. The molecule has 0 aliphatic carbocycles. The quantitative estimate of drug-likeness (QED) is 0.624. The van der Waals surface area contributed by atoms with Crippen molar-refractivity contribution in [2.75, 3.05) is 18.5 Å². The zero-order valence-corrected chi connectivity index (χ0v) is 10.4. The van der Waals surface area contributed by atoms with Crippen molar-refractivity contribution in [1.29, 1.82) is 0 Å². The molecule has 0 amide bonds. The lowest BCUT2D eigenvalue weighted by atomic mass is 9.95. The molecule has 1 rings (SSSR count). The van der Waals surface area contributed by atoms with E-state index in [0.717, 1.165) is 6.20 Å². The number of nitro groups is 1. The predicted molar refractivity (Wildman–Crippen MR) is 65.3 cm³/mol. The minimum atomic E-state index is -0.555. The number of aliphatic hydroxyl groups is 1. The van der Waals surface area contributed by atoms with Crippen LogP contribution in [0, 0.1) is 15.5 Å². The van der Waals surface area contributed by atoms with E-state index in [1.807, 2.05) is 13.8 Å². The maximum absolute atomic E-state index is 10.5. The topological polar surface area (TPSA) is 88.3 Å². The lowest BCUT2D eigenvalue weighted by molar-refractivity contribution is -0.385. The second kappa shape index (κ2) is 5.29. The van der Waals surface area contributed by atoms with E-state index in [1.165, 1.54) is 6.07 Å². The Morgan fingerprint density at radius 2 is 2.29 bits per heavy atom. The number of halogens is 1. The molecule has 0 atom stereocenters. The molecule has 0 radical (unpaired) electrons. The van der Waals surface area contributed by atoms with Crippen LogP contribution in [0.25, 0.3) is 0 Å². The molecule has 0 fully saturated rings. The van der Waals surface area contributed by atoms with E-state index in [2.05, 4.69) is 10.3 Å². The van der Waals surface area contributed by atoms with Gasteiger partial charge in [-0.15, -0.1) is 0 Å². The second-order valence-electron chi connectivity index (χ2n) is 4.46. The van der Waals surface area contributed by atoms with E-state index >= 15 is 0 Å². The molecule has 0 unspecified atom stereocenters. The molecule has 1 heterocycles. The van der Waals surface area contributed by atoms with E-state index < -0.39 is 4.92 Å². The van der Waals surface area contributed by atoms with E-state index in [0.29, 0.717) is 12.4 Å². The van der Waals surface area contributed by atoms with Crippen molar-refractivity contribution >= 4 is 23.1 Å². The van der Waals surface area contributed by atoms with Crippen molar-refractivity contribution in [3.8, 4) is 0 Å². The van der Waals surface area contributed by atoms with Crippen molar-refractivity contribution in [3.63, 3.8) is 0 Å². The van der Waals surface area contributed by atoms with Crippen LogP contribution in [0.5, 0.6) is 0 Å². The number of rotatable bonds is 5. The van der Waals surface area contributed by atoms with E-state index in [1.54, 1.807) is 0 Å². The van der Waals surface area contributed by atoms with Gasteiger partial charge in [0, 0.05) is 24.6 Å². The highest BCUT2D eigenvalue weighted by Gasteiger charge is 2.17. The van der Waals surface area contributed by atoms with Crippen molar-refractivity contribution < 1.29 is 10.0 Å². The fourth-order valence-corrected chi connectivity index (χ4v) is 1.26. The number of anilines is 1. The van der Waals surface area contributed by atoms with Crippen molar-refractivity contribution in [1.82, 2.24) is 4.98 Å². The molecule has 0 bridgehead atoms. The molecular formula is C10H14ClN3O3. The summed E-state index contributed by atoms with van der Waals surface area (Å²) in [5.41, 5.74) is -0.464. The number of nitrogens with zero attached hydrogens (tertiary/aromatic N) is 2. The van der Waals surface area contributed by atoms with E-state index in [9.17, 15) is 10.1 Å². The van der Waals surface area contributed by atoms with Gasteiger partial charge in [-0.3, -0.25) is 10.1 Å².